The Bertz CT molecular complexity index is 854. The van der Waals surface area contributed by atoms with Gasteiger partial charge in [0, 0.05) is 18.3 Å². The van der Waals surface area contributed by atoms with Crippen molar-refractivity contribution in [3.63, 3.8) is 0 Å². The number of halogens is 2. The van der Waals surface area contributed by atoms with Gasteiger partial charge in [0.1, 0.15) is 10.3 Å². The fraction of sp³-hybridized carbons (Fsp3) is 0.267. The molecule has 2 aromatic rings. The second-order valence-electron chi connectivity index (χ2n) is 5.32. The predicted molar refractivity (Wildman–Crippen MR) is 86.2 cm³/mol. The molecule has 128 valence electrons. The Morgan fingerprint density at radius 3 is 2.71 bits per heavy atom. The van der Waals surface area contributed by atoms with Crippen molar-refractivity contribution in [1.82, 2.24) is 4.31 Å². The second-order valence-corrected chi connectivity index (χ2v) is 8.39. The number of amides is 1. The summed E-state index contributed by atoms with van der Waals surface area (Å²) in [6.07, 6.45) is 0.931. The lowest BCUT2D eigenvalue weighted by Crippen LogP contribution is -2.42. The van der Waals surface area contributed by atoms with Crippen LogP contribution in [-0.4, -0.2) is 31.2 Å². The van der Waals surface area contributed by atoms with Gasteiger partial charge in [0.15, 0.2) is 11.6 Å². The molecule has 0 spiro atoms. The molecule has 2 heterocycles. The van der Waals surface area contributed by atoms with Crippen LogP contribution in [0.15, 0.2) is 39.9 Å². The number of hydrogen-bond acceptors (Lipinski definition) is 4. The third-order valence-corrected chi connectivity index (χ3v) is 7.03. The van der Waals surface area contributed by atoms with Gasteiger partial charge in [-0.3, -0.25) is 4.79 Å². The minimum absolute atomic E-state index is 0.0827. The molecule has 9 heteroatoms. The van der Waals surface area contributed by atoms with E-state index in [0.29, 0.717) is 12.8 Å². The number of benzene rings is 1. The fourth-order valence-electron chi connectivity index (χ4n) is 2.62. The maximum Gasteiger partial charge on any atom is 0.253 e. The van der Waals surface area contributed by atoms with Crippen LogP contribution in [0.4, 0.5) is 14.5 Å². The molecule has 0 radical (unpaired) electrons. The number of rotatable bonds is 4. The summed E-state index contributed by atoms with van der Waals surface area (Å²) in [6, 6.07) is 5.24. The zero-order valence-electron chi connectivity index (χ0n) is 12.4. The van der Waals surface area contributed by atoms with Crippen molar-refractivity contribution in [2.24, 2.45) is 0 Å². The van der Waals surface area contributed by atoms with E-state index in [0.717, 1.165) is 27.8 Å². The first-order valence-electron chi connectivity index (χ1n) is 7.21. The van der Waals surface area contributed by atoms with Crippen LogP contribution in [0.1, 0.15) is 12.8 Å². The Balaban J connectivity index is 1.80. The van der Waals surface area contributed by atoms with Crippen molar-refractivity contribution in [1.29, 1.82) is 0 Å². The van der Waals surface area contributed by atoms with Gasteiger partial charge in [0.2, 0.25) is 5.91 Å². The molecular formula is C15H14F2N2O3S2. The molecule has 24 heavy (non-hydrogen) atoms. The SMILES string of the molecule is O=C(Nc1ccc(F)c(F)c1)C1CCCN1S(=O)(=O)c1cccs1. The summed E-state index contributed by atoms with van der Waals surface area (Å²) in [5.74, 6) is -2.66. The standard InChI is InChI=1S/C15H14F2N2O3S2/c16-11-6-5-10(9-12(11)17)18-15(20)13-3-1-7-19(13)24(21,22)14-4-2-8-23-14/h2,4-6,8-9,13H,1,3,7H2,(H,18,20). The Labute approximate surface area is 142 Å². The highest BCUT2D eigenvalue weighted by Crippen LogP contribution is 2.29. The number of thiophene rings is 1. The van der Waals surface area contributed by atoms with Gasteiger partial charge in [0.05, 0.1) is 0 Å². The molecule has 1 unspecified atom stereocenters. The molecule has 1 aliphatic heterocycles. The summed E-state index contributed by atoms with van der Waals surface area (Å²) >= 11 is 1.09. The van der Waals surface area contributed by atoms with Crippen molar-refractivity contribution in [2.45, 2.75) is 23.1 Å². The maximum atomic E-state index is 13.2. The molecule has 1 aliphatic rings. The van der Waals surface area contributed by atoms with Crippen LogP contribution in [0.5, 0.6) is 0 Å². The summed E-state index contributed by atoms with van der Waals surface area (Å²) in [5, 5.41) is 4.10. The summed E-state index contributed by atoms with van der Waals surface area (Å²) in [4.78, 5) is 12.4. The highest BCUT2D eigenvalue weighted by Gasteiger charge is 2.39. The normalized spacial score (nSPS) is 18.7. The summed E-state index contributed by atoms with van der Waals surface area (Å²) < 4.78 is 52.7. The number of carbonyl (C=O) groups is 1. The highest BCUT2D eigenvalue weighted by molar-refractivity contribution is 7.91. The van der Waals surface area contributed by atoms with Gasteiger partial charge in [-0.15, -0.1) is 11.3 Å². The summed E-state index contributed by atoms with van der Waals surface area (Å²) in [7, 11) is -3.74. The van der Waals surface area contributed by atoms with E-state index in [-0.39, 0.29) is 16.4 Å². The molecule has 3 rings (SSSR count). The van der Waals surface area contributed by atoms with Crippen LogP contribution in [-0.2, 0) is 14.8 Å². The van der Waals surface area contributed by atoms with Gasteiger partial charge in [-0.05, 0) is 36.4 Å². The average Bonchev–Trinajstić information content (AvgIpc) is 3.22. The molecule has 1 fully saturated rings. The predicted octanol–water partition coefficient (Wildman–Crippen LogP) is 2.82. The quantitative estimate of drug-likeness (QED) is 0.897. The number of anilines is 1. The molecular weight excluding hydrogens is 358 g/mol. The molecule has 1 aromatic carbocycles. The lowest BCUT2D eigenvalue weighted by atomic mass is 10.2. The monoisotopic (exact) mass is 372 g/mol. The van der Waals surface area contributed by atoms with Gasteiger partial charge in [-0.25, -0.2) is 17.2 Å². The molecule has 1 saturated heterocycles. The van der Waals surface area contributed by atoms with Gasteiger partial charge < -0.3 is 5.32 Å². The van der Waals surface area contributed by atoms with Gasteiger partial charge in [-0.1, -0.05) is 6.07 Å². The molecule has 1 amide bonds. The number of nitrogens with zero attached hydrogens (tertiary/aromatic N) is 1. The van der Waals surface area contributed by atoms with E-state index in [1.807, 2.05) is 0 Å². The van der Waals surface area contributed by atoms with Crippen LogP contribution in [0.3, 0.4) is 0 Å². The second kappa shape index (κ2) is 6.58. The largest absolute Gasteiger partial charge is 0.325 e. The van der Waals surface area contributed by atoms with Crippen molar-refractivity contribution < 1.29 is 22.0 Å². The minimum Gasteiger partial charge on any atom is -0.325 e. The van der Waals surface area contributed by atoms with Crippen LogP contribution in [0, 0.1) is 11.6 Å². The van der Waals surface area contributed by atoms with E-state index in [1.165, 1.54) is 12.1 Å². The third kappa shape index (κ3) is 3.19. The fourth-order valence-corrected chi connectivity index (χ4v) is 5.39. The van der Waals surface area contributed by atoms with Gasteiger partial charge in [-0.2, -0.15) is 4.31 Å². The Morgan fingerprint density at radius 2 is 2.04 bits per heavy atom. The lowest BCUT2D eigenvalue weighted by molar-refractivity contribution is -0.119. The van der Waals surface area contributed by atoms with Crippen LogP contribution in [0.2, 0.25) is 0 Å². The maximum absolute atomic E-state index is 13.2. The number of nitrogens with one attached hydrogen (secondary N) is 1. The van der Waals surface area contributed by atoms with E-state index >= 15 is 0 Å². The number of carbonyl (C=O) groups excluding carboxylic acids is 1. The first kappa shape index (κ1) is 17.0. The molecule has 1 atom stereocenters. The molecule has 0 saturated carbocycles. The first-order chi connectivity index (χ1) is 11.4. The van der Waals surface area contributed by atoms with Crippen molar-refractivity contribution in [3.8, 4) is 0 Å². The topological polar surface area (TPSA) is 66.5 Å². The van der Waals surface area contributed by atoms with Crippen molar-refractivity contribution in [2.75, 3.05) is 11.9 Å². The summed E-state index contributed by atoms with van der Waals surface area (Å²) in [6.45, 7) is 0.246. The Morgan fingerprint density at radius 1 is 1.25 bits per heavy atom. The van der Waals surface area contributed by atoms with Gasteiger partial charge in [0.25, 0.3) is 10.0 Å². The summed E-state index contributed by atoms with van der Waals surface area (Å²) in [5.41, 5.74) is 0.0827. The Kier molecular flexibility index (Phi) is 4.66. The van der Waals surface area contributed by atoms with Gasteiger partial charge >= 0.3 is 0 Å². The number of hydrogen-bond donors (Lipinski definition) is 1. The molecule has 0 aliphatic carbocycles. The smallest absolute Gasteiger partial charge is 0.253 e. The highest BCUT2D eigenvalue weighted by atomic mass is 32.2. The molecule has 1 aromatic heterocycles. The van der Waals surface area contributed by atoms with E-state index in [2.05, 4.69) is 5.32 Å². The van der Waals surface area contributed by atoms with E-state index in [1.54, 1.807) is 11.4 Å². The third-order valence-electron chi connectivity index (χ3n) is 3.75. The van der Waals surface area contributed by atoms with Crippen LogP contribution in [0.25, 0.3) is 0 Å². The van der Waals surface area contributed by atoms with E-state index in [4.69, 9.17) is 0 Å². The van der Waals surface area contributed by atoms with Crippen molar-refractivity contribution in [3.05, 3.63) is 47.3 Å². The Hall–Kier alpha value is -1.84. The van der Waals surface area contributed by atoms with Crippen molar-refractivity contribution >= 4 is 33.0 Å². The zero-order valence-corrected chi connectivity index (χ0v) is 14.0. The lowest BCUT2D eigenvalue weighted by Gasteiger charge is -2.22. The van der Waals surface area contributed by atoms with E-state index in [9.17, 15) is 22.0 Å². The van der Waals surface area contributed by atoms with Crippen LogP contribution < -0.4 is 5.32 Å². The average molecular weight is 372 g/mol. The number of sulfonamides is 1. The minimum atomic E-state index is -3.74. The molecule has 5 nitrogen and oxygen atoms in total. The first-order valence-corrected chi connectivity index (χ1v) is 9.53. The molecule has 0 bridgehead atoms. The zero-order chi connectivity index (χ0) is 17.3. The van der Waals surface area contributed by atoms with Crippen LogP contribution >= 0.6 is 11.3 Å². The van der Waals surface area contributed by atoms with E-state index < -0.39 is 33.6 Å². The molecule has 1 N–H and O–H groups in total.